The van der Waals surface area contributed by atoms with E-state index in [9.17, 15) is 18.0 Å². The lowest BCUT2D eigenvalue weighted by molar-refractivity contribution is -0.138. The number of benzene rings is 1. The van der Waals surface area contributed by atoms with Crippen molar-refractivity contribution in [2.75, 3.05) is 18.5 Å². The molecule has 1 fully saturated rings. The lowest BCUT2D eigenvalue weighted by atomic mass is 10.1. The predicted molar refractivity (Wildman–Crippen MR) is 65.9 cm³/mol. The van der Waals surface area contributed by atoms with E-state index in [-0.39, 0.29) is 6.10 Å². The maximum atomic E-state index is 12.7. The number of ether oxygens (including phenoxy) is 1. The summed E-state index contributed by atoms with van der Waals surface area (Å²) in [5.41, 5.74) is -1.56. The molecule has 1 unspecified atom stereocenters. The van der Waals surface area contributed by atoms with E-state index in [4.69, 9.17) is 9.84 Å². The van der Waals surface area contributed by atoms with Crippen LogP contribution in [0.5, 0.6) is 0 Å². The number of carboxylic acids is 1. The summed E-state index contributed by atoms with van der Waals surface area (Å²) in [6.45, 7) is 1.13. The van der Waals surface area contributed by atoms with Crippen molar-refractivity contribution in [1.29, 1.82) is 0 Å². The van der Waals surface area contributed by atoms with Gasteiger partial charge in [-0.15, -0.1) is 0 Å². The van der Waals surface area contributed by atoms with Crippen LogP contribution in [0.4, 0.5) is 18.9 Å². The topological polar surface area (TPSA) is 58.6 Å². The molecule has 2 rings (SSSR count). The standard InChI is InChI=1S/C13H14F3NO3/c14-13(15,16)11-4-3-8(6-10(11)12(18)19)17-7-9-2-1-5-20-9/h3-4,6,9,17H,1-2,5,7H2,(H,18,19). The molecule has 7 heteroatoms. The van der Waals surface area contributed by atoms with Gasteiger partial charge in [0, 0.05) is 18.8 Å². The number of hydrogen-bond acceptors (Lipinski definition) is 3. The minimum atomic E-state index is -4.68. The number of carbonyl (C=O) groups is 1. The summed E-state index contributed by atoms with van der Waals surface area (Å²) in [6, 6.07) is 3.01. The zero-order valence-corrected chi connectivity index (χ0v) is 10.5. The highest BCUT2D eigenvalue weighted by Gasteiger charge is 2.35. The first-order valence-corrected chi connectivity index (χ1v) is 6.18. The van der Waals surface area contributed by atoms with Crippen LogP contribution in [0.2, 0.25) is 0 Å². The molecule has 0 spiro atoms. The largest absolute Gasteiger partial charge is 0.478 e. The van der Waals surface area contributed by atoms with E-state index in [2.05, 4.69) is 5.32 Å². The van der Waals surface area contributed by atoms with E-state index in [0.717, 1.165) is 25.0 Å². The number of nitrogens with one attached hydrogen (secondary N) is 1. The summed E-state index contributed by atoms with van der Waals surface area (Å²) in [7, 11) is 0. The van der Waals surface area contributed by atoms with Crippen molar-refractivity contribution in [2.45, 2.75) is 25.1 Å². The number of anilines is 1. The summed E-state index contributed by atoms with van der Waals surface area (Å²) >= 11 is 0. The highest BCUT2D eigenvalue weighted by Crippen LogP contribution is 2.33. The molecule has 2 N–H and O–H groups in total. The van der Waals surface area contributed by atoms with E-state index >= 15 is 0 Å². The fourth-order valence-electron chi connectivity index (χ4n) is 2.12. The molecule has 20 heavy (non-hydrogen) atoms. The van der Waals surface area contributed by atoms with Gasteiger partial charge in [0.1, 0.15) is 0 Å². The first-order chi connectivity index (χ1) is 9.38. The summed E-state index contributed by atoms with van der Waals surface area (Å²) in [4.78, 5) is 10.9. The lowest BCUT2D eigenvalue weighted by Crippen LogP contribution is -2.19. The second-order valence-electron chi connectivity index (χ2n) is 4.58. The normalized spacial score (nSPS) is 19.1. The third kappa shape index (κ3) is 3.41. The summed E-state index contributed by atoms with van der Waals surface area (Å²) < 4.78 is 43.4. The Morgan fingerprint density at radius 1 is 1.45 bits per heavy atom. The fourth-order valence-corrected chi connectivity index (χ4v) is 2.12. The Kier molecular flexibility index (Phi) is 4.17. The van der Waals surface area contributed by atoms with E-state index in [0.29, 0.717) is 18.8 Å². The predicted octanol–water partition coefficient (Wildman–Crippen LogP) is 2.99. The van der Waals surface area contributed by atoms with Crippen LogP contribution < -0.4 is 5.32 Å². The smallest absolute Gasteiger partial charge is 0.417 e. The number of carboxylic acid groups (broad SMARTS) is 1. The van der Waals surface area contributed by atoms with Gasteiger partial charge in [-0.3, -0.25) is 0 Å². The van der Waals surface area contributed by atoms with Crippen LogP contribution in [-0.2, 0) is 10.9 Å². The number of hydrogen-bond donors (Lipinski definition) is 2. The van der Waals surface area contributed by atoms with Gasteiger partial charge in [-0.1, -0.05) is 0 Å². The minimum absolute atomic E-state index is 0.0190. The Morgan fingerprint density at radius 2 is 2.20 bits per heavy atom. The van der Waals surface area contributed by atoms with Crippen molar-refractivity contribution < 1.29 is 27.8 Å². The molecule has 0 saturated carbocycles. The number of halogens is 3. The molecule has 0 aliphatic carbocycles. The fraction of sp³-hybridized carbons (Fsp3) is 0.462. The summed E-state index contributed by atoms with van der Waals surface area (Å²) in [5.74, 6) is -1.60. The van der Waals surface area contributed by atoms with E-state index in [1.54, 1.807) is 0 Å². The zero-order chi connectivity index (χ0) is 14.8. The highest BCUT2D eigenvalue weighted by atomic mass is 19.4. The van der Waals surface area contributed by atoms with Gasteiger partial charge in [0.2, 0.25) is 0 Å². The molecule has 1 aliphatic heterocycles. The monoisotopic (exact) mass is 289 g/mol. The van der Waals surface area contributed by atoms with E-state index < -0.39 is 23.3 Å². The molecule has 0 radical (unpaired) electrons. The van der Waals surface area contributed by atoms with Gasteiger partial charge in [0.15, 0.2) is 0 Å². The third-order valence-electron chi connectivity index (χ3n) is 3.11. The lowest BCUT2D eigenvalue weighted by Gasteiger charge is -2.15. The maximum absolute atomic E-state index is 12.7. The Hall–Kier alpha value is -1.76. The van der Waals surface area contributed by atoms with Crippen molar-refractivity contribution >= 4 is 11.7 Å². The van der Waals surface area contributed by atoms with Crippen LogP contribution in [0.25, 0.3) is 0 Å². The molecule has 1 heterocycles. The Morgan fingerprint density at radius 3 is 2.75 bits per heavy atom. The molecule has 0 bridgehead atoms. The van der Waals surface area contributed by atoms with Gasteiger partial charge in [-0.2, -0.15) is 13.2 Å². The van der Waals surface area contributed by atoms with Crippen LogP contribution in [-0.4, -0.2) is 30.3 Å². The first-order valence-electron chi connectivity index (χ1n) is 6.18. The van der Waals surface area contributed by atoms with Gasteiger partial charge in [0.05, 0.1) is 17.2 Å². The second kappa shape index (κ2) is 5.70. The van der Waals surface area contributed by atoms with E-state index in [1.807, 2.05) is 0 Å². The van der Waals surface area contributed by atoms with Crippen molar-refractivity contribution in [3.63, 3.8) is 0 Å². The highest BCUT2D eigenvalue weighted by molar-refractivity contribution is 5.91. The van der Waals surface area contributed by atoms with Crippen molar-refractivity contribution in [3.05, 3.63) is 29.3 Å². The molecule has 0 aromatic heterocycles. The van der Waals surface area contributed by atoms with Gasteiger partial charge < -0.3 is 15.2 Å². The average molecular weight is 289 g/mol. The molecule has 0 amide bonds. The van der Waals surface area contributed by atoms with E-state index in [1.165, 1.54) is 6.07 Å². The summed E-state index contributed by atoms with van der Waals surface area (Å²) in [6.07, 6.45) is -2.81. The van der Waals surface area contributed by atoms with Crippen LogP contribution in [0.15, 0.2) is 18.2 Å². The van der Waals surface area contributed by atoms with Gasteiger partial charge in [-0.05, 0) is 31.0 Å². The number of rotatable bonds is 4. The number of alkyl halides is 3. The molecular weight excluding hydrogens is 275 g/mol. The van der Waals surface area contributed by atoms with Crippen LogP contribution in [0.1, 0.15) is 28.8 Å². The van der Waals surface area contributed by atoms with Crippen molar-refractivity contribution in [2.24, 2.45) is 0 Å². The van der Waals surface area contributed by atoms with Crippen molar-refractivity contribution in [1.82, 2.24) is 0 Å². The maximum Gasteiger partial charge on any atom is 0.417 e. The molecular formula is C13H14F3NO3. The Balaban J connectivity index is 2.15. The van der Waals surface area contributed by atoms with Gasteiger partial charge in [0.25, 0.3) is 0 Å². The molecule has 1 aliphatic rings. The third-order valence-corrected chi connectivity index (χ3v) is 3.11. The van der Waals surface area contributed by atoms with Crippen LogP contribution in [0, 0.1) is 0 Å². The van der Waals surface area contributed by atoms with Gasteiger partial charge in [-0.25, -0.2) is 4.79 Å². The first kappa shape index (κ1) is 14.6. The minimum Gasteiger partial charge on any atom is -0.478 e. The molecule has 4 nitrogen and oxygen atoms in total. The Labute approximate surface area is 113 Å². The molecule has 1 atom stereocenters. The molecule has 1 aromatic carbocycles. The number of aromatic carboxylic acids is 1. The average Bonchev–Trinajstić information content (AvgIpc) is 2.88. The summed E-state index contributed by atoms with van der Waals surface area (Å²) in [5, 5.41) is 11.8. The molecule has 1 saturated heterocycles. The van der Waals surface area contributed by atoms with Crippen LogP contribution >= 0.6 is 0 Å². The van der Waals surface area contributed by atoms with Crippen LogP contribution in [0.3, 0.4) is 0 Å². The molecule has 110 valence electrons. The SMILES string of the molecule is O=C(O)c1cc(NCC2CCCO2)ccc1C(F)(F)F. The zero-order valence-electron chi connectivity index (χ0n) is 10.5. The quantitative estimate of drug-likeness (QED) is 0.894. The van der Waals surface area contributed by atoms with Crippen molar-refractivity contribution in [3.8, 4) is 0 Å². The Bertz CT molecular complexity index is 496. The second-order valence-corrected chi connectivity index (χ2v) is 4.58. The molecule has 1 aromatic rings. The van der Waals surface area contributed by atoms with Gasteiger partial charge >= 0.3 is 12.1 Å².